The summed E-state index contributed by atoms with van der Waals surface area (Å²) in [6.45, 7) is 0.569. The number of hydrogen-bond donors (Lipinski definition) is 3. The number of rotatable bonds is 3. The monoisotopic (exact) mass is 511 g/mol. The summed E-state index contributed by atoms with van der Waals surface area (Å²) in [5.74, 6) is -5.59. The van der Waals surface area contributed by atoms with E-state index in [0.29, 0.717) is 24.9 Å². The SMILES string of the molecule is O=C(O)C(F)(F)F.O=C(O)C(F)(F)F.O=C(c1cccnc1)N1CC[C@@H](O)[C@@H]1Cc1cccnc1. The summed E-state index contributed by atoms with van der Waals surface area (Å²) in [6, 6.07) is 7.12. The van der Waals surface area contributed by atoms with Crippen LogP contribution in [0.15, 0.2) is 49.1 Å². The van der Waals surface area contributed by atoms with Crippen LogP contribution in [0.3, 0.4) is 0 Å². The van der Waals surface area contributed by atoms with Gasteiger partial charge >= 0.3 is 24.3 Å². The van der Waals surface area contributed by atoms with E-state index in [2.05, 4.69) is 9.97 Å². The molecule has 0 unspecified atom stereocenters. The predicted octanol–water partition coefficient (Wildman–Crippen LogP) is 2.56. The van der Waals surface area contributed by atoms with Crippen LogP contribution in [0, 0.1) is 0 Å². The predicted molar refractivity (Wildman–Crippen MR) is 105 cm³/mol. The lowest BCUT2D eigenvalue weighted by atomic mass is 10.0. The minimum Gasteiger partial charge on any atom is -0.475 e. The van der Waals surface area contributed by atoms with Gasteiger partial charge in [0.2, 0.25) is 0 Å². The molecule has 3 rings (SSSR count). The van der Waals surface area contributed by atoms with Gasteiger partial charge in [-0.05, 0) is 36.6 Å². The zero-order valence-electron chi connectivity index (χ0n) is 17.6. The number of halogens is 6. The van der Waals surface area contributed by atoms with Gasteiger partial charge in [0.1, 0.15) is 0 Å². The van der Waals surface area contributed by atoms with Crippen molar-refractivity contribution in [1.29, 1.82) is 0 Å². The molecule has 1 aliphatic rings. The number of aromatic nitrogens is 2. The van der Waals surface area contributed by atoms with Gasteiger partial charge in [0, 0.05) is 31.3 Å². The summed E-state index contributed by atoms with van der Waals surface area (Å²) in [6.07, 6.45) is -2.74. The summed E-state index contributed by atoms with van der Waals surface area (Å²) in [5.41, 5.74) is 1.58. The number of aliphatic hydroxyl groups is 1. The number of amides is 1. The van der Waals surface area contributed by atoms with Crippen molar-refractivity contribution in [3.63, 3.8) is 0 Å². The zero-order valence-corrected chi connectivity index (χ0v) is 17.6. The number of likely N-dealkylation sites (tertiary alicyclic amines) is 1. The summed E-state index contributed by atoms with van der Waals surface area (Å²) in [7, 11) is 0. The first kappa shape index (κ1) is 29.3. The third kappa shape index (κ3) is 9.95. The highest BCUT2D eigenvalue weighted by atomic mass is 19.4. The third-order valence-corrected chi connectivity index (χ3v) is 4.33. The molecule has 0 aromatic carbocycles. The van der Waals surface area contributed by atoms with Gasteiger partial charge in [-0.25, -0.2) is 9.59 Å². The van der Waals surface area contributed by atoms with Crippen LogP contribution in [-0.2, 0) is 16.0 Å². The topological polar surface area (TPSA) is 141 Å². The summed E-state index contributed by atoms with van der Waals surface area (Å²) < 4.78 is 63.5. The number of aliphatic hydroxyl groups excluding tert-OH is 1. The second-order valence-electron chi connectivity index (χ2n) is 6.83. The molecule has 2 atom stereocenters. The molecule has 3 N–H and O–H groups in total. The molecule has 1 saturated heterocycles. The second kappa shape index (κ2) is 12.6. The Kier molecular flexibility index (Phi) is 10.6. The molecule has 3 heterocycles. The van der Waals surface area contributed by atoms with Crippen LogP contribution in [0.4, 0.5) is 26.3 Å². The molecule has 0 aliphatic carbocycles. The first-order chi connectivity index (χ1) is 16.1. The van der Waals surface area contributed by atoms with Crippen LogP contribution in [0.1, 0.15) is 22.3 Å². The number of hydrogen-bond acceptors (Lipinski definition) is 6. The van der Waals surface area contributed by atoms with E-state index in [1.54, 1.807) is 41.8 Å². The Hall–Kier alpha value is -3.75. The van der Waals surface area contributed by atoms with Crippen molar-refractivity contribution >= 4 is 17.8 Å². The fraction of sp³-hybridized carbons (Fsp3) is 0.350. The standard InChI is InChI=1S/C16H17N3O2.2C2HF3O2/c20-15-5-8-19(16(21)13-4-2-7-18-11-13)14(15)9-12-3-1-6-17-10-12;2*3-2(4,5)1(6)7/h1-4,6-7,10-11,14-15,20H,5,8-9H2;2*(H,6,7)/t14-,15+;;/m0../s1. The Balaban J connectivity index is 0.000000362. The van der Waals surface area contributed by atoms with Crippen molar-refractivity contribution in [2.24, 2.45) is 0 Å². The van der Waals surface area contributed by atoms with Crippen LogP contribution in [0.5, 0.6) is 0 Å². The molecular weight excluding hydrogens is 492 g/mol. The van der Waals surface area contributed by atoms with Crippen molar-refractivity contribution in [2.75, 3.05) is 6.54 Å². The van der Waals surface area contributed by atoms with E-state index in [1.807, 2.05) is 12.1 Å². The quantitative estimate of drug-likeness (QED) is 0.534. The molecule has 0 bridgehead atoms. The summed E-state index contributed by atoms with van der Waals surface area (Å²) in [4.78, 5) is 40.2. The van der Waals surface area contributed by atoms with E-state index in [9.17, 15) is 36.2 Å². The number of carboxylic acids is 2. The van der Waals surface area contributed by atoms with Crippen molar-refractivity contribution in [3.8, 4) is 0 Å². The van der Waals surface area contributed by atoms with Gasteiger partial charge in [-0.1, -0.05) is 6.07 Å². The average Bonchev–Trinajstić information content (AvgIpc) is 3.14. The van der Waals surface area contributed by atoms with Gasteiger partial charge in [0.05, 0.1) is 17.7 Å². The number of carbonyl (C=O) groups excluding carboxylic acids is 1. The Morgan fingerprint density at radius 3 is 1.80 bits per heavy atom. The van der Waals surface area contributed by atoms with E-state index >= 15 is 0 Å². The number of carboxylic acid groups (broad SMARTS) is 2. The van der Waals surface area contributed by atoms with Crippen LogP contribution in [-0.4, -0.2) is 79.1 Å². The molecule has 9 nitrogen and oxygen atoms in total. The van der Waals surface area contributed by atoms with Crippen LogP contribution >= 0.6 is 0 Å². The van der Waals surface area contributed by atoms with E-state index in [0.717, 1.165) is 5.56 Å². The number of carbonyl (C=O) groups is 3. The van der Waals surface area contributed by atoms with Gasteiger partial charge in [-0.3, -0.25) is 14.8 Å². The molecule has 192 valence electrons. The van der Waals surface area contributed by atoms with Crippen LogP contribution in [0.2, 0.25) is 0 Å². The maximum Gasteiger partial charge on any atom is 0.490 e. The maximum atomic E-state index is 12.6. The maximum absolute atomic E-state index is 12.6. The second-order valence-corrected chi connectivity index (χ2v) is 6.83. The number of alkyl halides is 6. The Labute approximate surface area is 193 Å². The normalized spacial score (nSPS) is 17.4. The molecule has 1 aliphatic heterocycles. The van der Waals surface area contributed by atoms with E-state index in [4.69, 9.17) is 19.8 Å². The molecular formula is C20H19F6N3O6. The fourth-order valence-electron chi connectivity index (χ4n) is 2.75. The lowest BCUT2D eigenvalue weighted by Crippen LogP contribution is -2.41. The molecule has 35 heavy (non-hydrogen) atoms. The van der Waals surface area contributed by atoms with Crippen LogP contribution in [0.25, 0.3) is 0 Å². The Morgan fingerprint density at radius 1 is 0.914 bits per heavy atom. The first-order valence-corrected chi connectivity index (χ1v) is 9.52. The minimum atomic E-state index is -5.08. The fourth-order valence-corrected chi connectivity index (χ4v) is 2.75. The van der Waals surface area contributed by atoms with Crippen molar-refractivity contribution in [3.05, 3.63) is 60.2 Å². The van der Waals surface area contributed by atoms with E-state index in [-0.39, 0.29) is 11.9 Å². The molecule has 2 aromatic heterocycles. The number of aliphatic carboxylic acids is 2. The van der Waals surface area contributed by atoms with E-state index < -0.39 is 30.4 Å². The minimum absolute atomic E-state index is 0.0754. The van der Waals surface area contributed by atoms with Gasteiger partial charge in [0.25, 0.3) is 5.91 Å². The van der Waals surface area contributed by atoms with Gasteiger partial charge < -0.3 is 20.2 Å². The third-order valence-electron chi connectivity index (χ3n) is 4.33. The molecule has 15 heteroatoms. The zero-order chi connectivity index (χ0) is 26.8. The molecule has 1 fully saturated rings. The highest BCUT2D eigenvalue weighted by Gasteiger charge is 2.39. The first-order valence-electron chi connectivity index (χ1n) is 9.52. The number of nitrogens with zero attached hydrogens (tertiary/aromatic N) is 3. The van der Waals surface area contributed by atoms with Crippen molar-refractivity contribution in [2.45, 2.75) is 37.3 Å². The van der Waals surface area contributed by atoms with Crippen molar-refractivity contribution < 1.29 is 56.0 Å². The Morgan fingerprint density at radius 2 is 1.40 bits per heavy atom. The molecule has 0 radical (unpaired) electrons. The smallest absolute Gasteiger partial charge is 0.475 e. The lowest BCUT2D eigenvalue weighted by Gasteiger charge is -2.26. The van der Waals surface area contributed by atoms with Gasteiger partial charge in [-0.2, -0.15) is 26.3 Å². The molecule has 0 spiro atoms. The lowest BCUT2D eigenvalue weighted by molar-refractivity contribution is -0.193. The van der Waals surface area contributed by atoms with Gasteiger partial charge in [-0.15, -0.1) is 0 Å². The molecule has 0 saturated carbocycles. The molecule has 2 aromatic rings. The molecule has 1 amide bonds. The highest BCUT2D eigenvalue weighted by Crippen LogP contribution is 2.23. The average molecular weight is 511 g/mol. The highest BCUT2D eigenvalue weighted by molar-refractivity contribution is 5.94. The number of pyridine rings is 2. The largest absolute Gasteiger partial charge is 0.490 e. The van der Waals surface area contributed by atoms with Crippen LogP contribution < -0.4 is 0 Å². The van der Waals surface area contributed by atoms with Gasteiger partial charge in [0.15, 0.2) is 0 Å². The summed E-state index contributed by atoms with van der Waals surface area (Å²) >= 11 is 0. The van der Waals surface area contributed by atoms with E-state index in [1.165, 1.54) is 0 Å². The Bertz CT molecular complexity index is 949. The van der Waals surface area contributed by atoms with Crippen molar-refractivity contribution in [1.82, 2.24) is 14.9 Å². The summed E-state index contributed by atoms with van der Waals surface area (Å²) in [5, 5.41) is 24.4.